The molecule has 5 heteroatoms. The van der Waals surface area contributed by atoms with E-state index >= 15 is 0 Å². The smallest absolute Gasteiger partial charge is 0.227 e. The lowest BCUT2D eigenvalue weighted by molar-refractivity contribution is -0.117. The van der Waals surface area contributed by atoms with Crippen LogP contribution in [0, 0.1) is 5.82 Å². The highest BCUT2D eigenvalue weighted by atomic mass is 19.1. The summed E-state index contributed by atoms with van der Waals surface area (Å²) < 4.78 is 19.3. The maximum absolute atomic E-state index is 13.9. The van der Waals surface area contributed by atoms with Gasteiger partial charge in [-0.05, 0) is 27.2 Å². The van der Waals surface area contributed by atoms with Crippen LogP contribution in [0.25, 0.3) is 0 Å². The molecule has 0 atom stereocenters. The topological polar surface area (TPSA) is 41.6 Å². The summed E-state index contributed by atoms with van der Waals surface area (Å²) in [6.45, 7) is 6.56. The van der Waals surface area contributed by atoms with Crippen molar-refractivity contribution in [1.82, 2.24) is 0 Å². The Kier molecular flexibility index (Phi) is 3.88. The highest BCUT2D eigenvalue weighted by Gasteiger charge is 2.27. The predicted octanol–water partition coefficient (Wildman–Crippen LogP) is 3.17. The number of benzene rings is 1. The molecule has 1 aliphatic heterocycles. The number of hydrogen-bond donors (Lipinski definition) is 1. The molecular weight excluding hydrogens is 259 g/mol. The summed E-state index contributed by atoms with van der Waals surface area (Å²) in [5.74, 6) is 0.138. The fourth-order valence-electron chi connectivity index (χ4n) is 2.39. The molecule has 4 nitrogen and oxygen atoms in total. The van der Waals surface area contributed by atoms with Crippen LogP contribution in [-0.2, 0) is 4.79 Å². The summed E-state index contributed by atoms with van der Waals surface area (Å²) in [6, 6.07) is 2.75. The van der Waals surface area contributed by atoms with Crippen molar-refractivity contribution < 1.29 is 13.9 Å². The van der Waals surface area contributed by atoms with E-state index in [9.17, 15) is 9.18 Å². The normalized spacial score (nSPS) is 15.7. The van der Waals surface area contributed by atoms with Crippen LogP contribution >= 0.6 is 0 Å². The molecular formula is C15H21FN2O2. The maximum atomic E-state index is 13.9. The Morgan fingerprint density at radius 3 is 2.55 bits per heavy atom. The number of rotatable bonds is 3. The minimum atomic E-state index is -0.382. The zero-order valence-corrected chi connectivity index (χ0v) is 12.4. The number of nitrogens with zero attached hydrogens (tertiary/aromatic N) is 1. The molecule has 0 radical (unpaired) electrons. The first kappa shape index (κ1) is 14.6. The summed E-state index contributed by atoms with van der Waals surface area (Å²) in [5.41, 5.74) is 0.837. The van der Waals surface area contributed by atoms with Gasteiger partial charge in [0.1, 0.15) is 5.82 Å². The van der Waals surface area contributed by atoms with E-state index in [0.29, 0.717) is 30.1 Å². The molecule has 1 aromatic rings. The van der Waals surface area contributed by atoms with Gasteiger partial charge in [-0.3, -0.25) is 4.79 Å². The summed E-state index contributed by atoms with van der Waals surface area (Å²) in [5, 5.41) is 3.22. The first-order chi connectivity index (χ1) is 9.31. The fraction of sp³-hybridized carbons (Fsp3) is 0.533. The Morgan fingerprint density at radius 2 is 2.05 bits per heavy atom. The van der Waals surface area contributed by atoms with E-state index in [-0.39, 0.29) is 17.3 Å². The van der Waals surface area contributed by atoms with Gasteiger partial charge >= 0.3 is 0 Å². The SMILES string of the molecule is COc1c(NC(C)(C)C)cc(F)cc1N1CCCC1=O. The van der Waals surface area contributed by atoms with Crippen LogP contribution in [0.1, 0.15) is 33.6 Å². The first-order valence-corrected chi connectivity index (χ1v) is 6.78. The van der Waals surface area contributed by atoms with Crippen molar-refractivity contribution >= 4 is 17.3 Å². The second kappa shape index (κ2) is 5.31. The van der Waals surface area contributed by atoms with Crippen molar-refractivity contribution in [3.8, 4) is 5.75 Å². The summed E-state index contributed by atoms with van der Waals surface area (Å²) in [6.07, 6.45) is 1.29. The summed E-state index contributed by atoms with van der Waals surface area (Å²) in [7, 11) is 1.53. The lowest BCUT2D eigenvalue weighted by Gasteiger charge is -2.26. The van der Waals surface area contributed by atoms with Crippen LogP contribution in [-0.4, -0.2) is 25.1 Å². The van der Waals surface area contributed by atoms with Gasteiger partial charge in [0.25, 0.3) is 0 Å². The number of nitrogens with one attached hydrogen (secondary N) is 1. The van der Waals surface area contributed by atoms with Crippen molar-refractivity contribution in [2.24, 2.45) is 0 Å². The van der Waals surface area contributed by atoms with Crippen molar-refractivity contribution in [2.45, 2.75) is 39.2 Å². The van der Waals surface area contributed by atoms with Gasteiger partial charge in [0, 0.05) is 30.6 Å². The van der Waals surface area contributed by atoms with E-state index in [2.05, 4.69) is 5.32 Å². The highest BCUT2D eigenvalue weighted by Crippen LogP contribution is 2.39. The van der Waals surface area contributed by atoms with E-state index in [0.717, 1.165) is 6.42 Å². The molecule has 110 valence electrons. The molecule has 0 saturated carbocycles. The van der Waals surface area contributed by atoms with Crippen LogP contribution in [0.5, 0.6) is 5.75 Å². The largest absolute Gasteiger partial charge is 0.492 e. The second-order valence-corrected chi connectivity index (χ2v) is 6.03. The zero-order valence-electron chi connectivity index (χ0n) is 12.4. The van der Waals surface area contributed by atoms with E-state index in [1.165, 1.54) is 19.2 Å². The lowest BCUT2D eigenvalue weighted by Crippen LogP contribution is -2.28. The number of ether oxygens (including phenoxy) is 1. The Morgan fingerprint density at radius 1 is 1.35 bits per heavy atom. The Balaban J connectivity index is 2.48. The average molecular weight is 280 g/mol. The number of hydrogen-bond acceptors (Lipinski definition) is 3. The van der Waals surface area contributed by atoms with Crippen molar-refractivity contribution in [2.75, 3.05) is 23.9 Å². The van der Waals surface area contributed by atoms with Gasteiger partial charge in [-0.1, -0.05) is 0 Å². The molecule has 1 fully saturated rings. The molecule has 2 rings (SSSR count). The third kappa shape index (κ3) is 3.03. The number of carbonyl (C=O) groups excluding carboxylic acids is 1. The Labute approximate surface area is 118 Å². The number of methoxy groups -OCH3 is 1. The van der Waals surface area contributed by atoms with Crippen LogP contribution in [0.3, 0.4) is 0 Å². The molecule has 0 spiro atoms. The Hall–Kier alpha value is -1.78. The molecule has 0 aromatic heterocycles. The molecule has 1 aliphatic rings. The van der Waals surface area contributed by atoms with Crippen LogP contribution < -0.4 is 15.0 Å². The van der Waals surface area contributed by atoms with Crippen LogP contribution in [0.15, 0.2) is 12.1 Å². The van der Waals surface area contributed by atoms with E-state index in [1.807, 2.05) is 20.8 Å². The van der Waals surface area contributed by atoms with Gasteiger partial charge in [-0.2, -0.15) is 0 Å². The summed E-state index contributed by atoms with van der Waals surface area (Å²) in [4.78, 5) is 13.5. The number of carbonyl (C=O) groups is 1. The molecule has 20 heavy (non-hydrogen) atoms. The molecule has 1 amide bonds. The molecule has 1 aromatic carbocycles. The third-order valence-corrected chi connectivity index (χ3v) is 3.11. The minimum Gasteiger partial charge on any atom is -0.492 e. The van der Waals surface area contributed by atoms with Gasteiger partial charge in [-0.25, -0.2) is 4.39 Å². The van der Waals surface area contributed by atoms with Gasteiger partial charge in [0.15, 0.2) is 5.75 Å². The standard InChI is InChI=1S/C15H21FN2O2/c1-15(2,3)17-11-8-10(16)9-12(14(11)20-4)18-7-5-6-13(18)19/h8-9,17H,5-7H2,1-4H3. The quantitative estimate of drug-likeness (QED) is 0.924. The van der Waals surface area contributed by atoms with Gasteiger partial charge in [0.2, 0.25) is 5.91 Å². The molecule has 0 unspecified atom stereocenters. The average Bonchev–Trinajstić information content (AvgIpc) is 2.72. The maximum Gasteiger partial charge on any atom is 0.227 e. The molecule has 1 N–H and O–H groups in total. The van der Waals surface area contributed by atoms with Crippen molar-refractivity contribution in [3.63, 3.8) is 0 Å². The van der Waals surface area contributed by atoms with E-state index in [1.54, 1.807) is 4.90 Å². The van der Waals surface area contributed by atoms with Gasteiger partial charge in [0.05, 0.1) is 18.5 Å². The monoisotopic (exact) mass is 280 g/mol. The van der Waals surface area contributed by atoms with Crippen LogP contribution in [0.4, 0.5) is 15.8 Å². The Bertz CT molecular complexity index is 523. The van der Waals surface area contributed by atoms with Crippen molar-refractivity contribution in [1.29, 1.82) is 0 Å². The summed E-state index contributed by atoms with van der Waals surface area (Å²) >= 11 is 0. The van der Waals surface area contributed by atoms with Crippen molar-refractivity contribution in [3.05, 3.63) is 17.9 Å². The molecule has 0 bridgehead atoms. The number of halogens is 1. The van der Waals surface area contributed by atoms with E-state index < -0.39 is 0 Å². The van der Waals surface area contributed by atoms with Gasteiger partial charge in [-0.15, -0.1) is 0 Å². The number of anilines is 2. The van der Waals surface area contributed by atoms with Crippen LogP contribution in [0.2, 0.25) is 0 Å². The lowest BCUT2D eigenvalue weighted by atomic mass is 10.1. The third-order valence-electron chi connectivity index (χ3n) is 3.11. The predicted molar refractivity (Wildman–Crippen MR) is 77.9 cm³/mol. The molecule has 1 heterocycles. The first-order valence-electron chi connectivity index (χ1n) is 6.78. The van der Waals surface area contributed by atoms with E-state index in [4.69, 9.17) is 4.74 Å². The fourth-order valence-corrected chi connectivity index (χ4v) is 2.39. The highest BCUT2D eigenvalue weighted by molar-refractivity contribution is 5.98. The minimum absolute atomic E-state index is 0.00982. The number of amides is 1. The second-order valence-electron chi connectivity index (χ2n) is 6.03. The molecule has 1 saturated heterocycles. The molecule has 0 aliphatic carbocycles. The van der Waals surface area contributed by atoms with Gasteiger partial charge < -0.3 is 15.0 Å². The zero-order chi connectivity index (χ0) is 14.9.